The number of amides is 1. The van der Waals surface area contributed by atoms with Crippen LogP contribution in [-0.4, -0.2) is 80.6 Å². The molecule has 6 N–H and O–H groups in total. The minimum atomic E-state index is -2.93. The number of hydrogen-bond acceptors (Lipinski definition) is 10. The number of nitrogens with zero attached hydrogens (tertiary/aromatic N) is 1. The highest BCUT2D eigenvalue weighted by Gasteiger charge is 2.68. The molecule has 1 aromatic carbocycles. The molecule has 0 spiro atoms. The van der Waals surface area contributed by atoms with Crippen molar-refractivity contribution in [2.24, 2.45) is 23.5 Å². The number of phenolic OH excluding ortho intramolecular Hbond substituents is 1. The molecule has 1 saturated carbocycles. The molecule has 5 rings (SSSR count). The second kappa shape index (κ2) is 8.67. The number of ketones is 2. The zero-order valence-electron chi connectivity index (χ0n) is 21.2. The topological polar surface area (TPSA) is 188 Å². The number of Topliss-reactive ketones (excluding diaryl/α,β-unsaturated/α-hetero) is 2. The van der Waals surface area contributed by atoms with E-state index in [1.54, 1.807) is 19.1 Å². The number of likely N-dealkylation sites (N-methyl/N-ethyl adjacent to an activating group) is 1. The number of esters is 1. The molecule has 11 heteroatoms. The number of hydrogen-bond donors (Lipinski definition) is 5. The zero-order chi connectivity index (χ0) is 27.8. The van der Waals surface area contributed by atoms with Gasteiger partial charge in [0.15, 0.2) is 11.4 Å². The molecule has 0 unspecified atom stereocenters. The summed E-state index contributed by atoms with van der Waals surface area (Å²) < 4.78 is 6.00. The van der Waals surface area contributed by atoms with Crippen LogP contribution in [-0.2, 0) is 19.1 Å². The summed E-state index contributed by atoms with van der Waals surface area (Å²) in [6.45, 7) is 1.72. The molecule has 1 aromatic rings. The number of nitrogens with two attached hydrogens (primary N) is 1. The molecule has 4 aliphatic carbocycles. The Morgan fingerprint density at radius 1 is 1.13 bits per heavy atom. The molecule has 0 bridgehead atoms. The fourth-order valence-electron chi connectivity index (χ4n) is 6.57. The van der Waals surface area contributed by atoms with Crippen LogP contribution in [0.2, 0.25) is 0 Å². The van der Waals surface area contributed by atoms with Gasteiger partial charge < -0.3 is 30.9 Å². The largest absolute Gasteiger partial charge is 0.510 e. The lowest BCUT2D eigenvalue weighted by molar-refractivity contribution is -0.185. The number of aliphatic hydroxyl groups excluding tert-OH is 2. The second-order valence-corrected chi connectivity index (χ2v) is 10.8. The number of aliphatic hydroxyl groups is 3. The maximum Gasteiger partial charge on any atom is 0.309 e. The highest BCUT2D eigenvalue weighted by molar-refractivity contribution is 6.25. The number of aromatic hydroxyl groups is 1. The highest BCUT2D eigenvalue weighted by atomic mass is 16.5. The highest BCUT2D eigenvalue weighted by Crippen LogP contribution is 2.56. The van der Waals surface area contributed by atoms with Crippen LogP contribution >= 0.6 is 0 Å². The Balaban J connectivity index is 1.81. The van der Waals surface area contributed by atoms with Gasteiger partial charge in [-0.05, 0) is 44.5 Å². The van der Waals surface area contributed by atoms with Gasteiger partial charge >= 0.3 is 5.97 Å². The minimum Gasteiger partial charge on any atom is -0.510 e. The lowest BCUT2D eigenvalue weighted by atomic mass is 9.55. The molecule has 0 radical (unpaired) electrons. The van der Waals surface area contributed by atoms with Gasteiger partial charge in [-0.2, -0.15) is 0 Å². The van der Waals surface area contributed by atoms with Gasteiger partial charge in [0, 0.05) is 11.5 Å². The first-order chi connectivity index (χ1) is 17.8. The Hall–Kier alpha value is -3.70. The number of ether oxygens (including phenoxy) is 1. The summed E-state index contributed by atoms with van der Waals surface area (Å²) in [4.78, 5) is 54.2. The third kappa shape index (κ3) is 3.27. The summed E-state index contributed by atoms with van der Waals surface area (Å²) in [6.07, 6.45) is 0.648. The van der Waals surface area contributed by atoms with Crippen LogP contribution in [0.3, 0.4) is 0 Å². The lowest BCUT2D eigenvalue weighted by Gasteiger charge is -2.54. The molecule has 0 heterocycles. The monoisotopic (exact) mass is 526 g/mol. The number of fused-ring (bicyclic) bond motifs is 3. The fraction of sp³-hybridized carbons (Fsp3) is 0.481. The Morgan fingerprint density at radius 3 is 2.34 bits per heavy atom. The molecule has 4 aliphatic rings. The van der Waals surface area contributed by atoms with Gasteiger partial charge in [0.1, 0.15) is 28.9 Å². The maximum atomic E-state index is 13.8. The van der Waals surface area contributed by atoms with Crippen LogP contribution in [0.1, 0.15) is 48.0 Å². The summed E-state index contributed by atoms with van der Waals surface area (Å²) in [5, 5.41) is 45.1. The normalized spacial score (nSPS) is 32.9. The molecule has 38 heavy (non-hydrogen) atoms. The van der Waals surface area contributed by atoms with E-state index in [1.807, 2.05) is 0 Å². The third-order valence-corrected chi connectivity index (χ3v) is 8.66. The molecular weight excluding hydrogens is 496 g/mol. The van der Waals surface area contributed by atoms with Crippen LogP contribution in [0.25, 0.3) is 0 Å². The predicted octanol–water partition coefficient (Wildman–Crippen LogP) is 1.00. The van der Waals surface area contributed by atoms with Crippen molar-refractivity contribution in [3.8, 4) is 5.75 Å². The van der Waals surface area contributed by atoms with Crippen LogP contribution in [0.5, 0.6) is 5.75 Å². The van der Waals surface area contributed by atoms with Crippen molar-refractivity contribution in [1.29, 1.82) is 0 Å². The molecule has 1 fully saturated rings. The van der Waals surface area contributed by atoms with E-state index in [0.29, 0.717) is 18.4 Å². The molecular formula is C27H30N2O9. The van der Waals surface area contributed by atoms with Crippen molar-refractivity contribution in [3.05, 3.63) is 52.0 Å². The Morgan fingerprint density at radius 2 is 1.79 bits per heavy atom. The van der Waals surface area contributed by atoms with E-state index in [0.717, 1.165) is 6.42 Å². The molecule has 202 valence electrons. The quantitative estimate of drug-likeness (QED) is 0.280. The standard InChI is InChI=1S/C27H30N2O9/c1-10-12-8-5-9-13(30)15(12)20(31)16-14(10)22(38-26(36)11-6-4-7-11)18-19(29(2)3)21(32)17(25(28)35)24(34)27(18,37)23(16)33/h5,8-11,14,18-19,22,30,32-33,37H,4,6-7H2,1-3H3,(H2,28,35)/t10-,14+,18+,19-,22-,27-/m0/s1. The third-order valence-electron chi connectivity index (χ3n) is 8.66. The number of benzene rings is 1. The number of rotatable bonds is 4. The summed E-state index contributed by atoms with van der Waals surface area (Å²) in [5.74, 6) is -9.83. The second-order valence-electron chi connectivity index (χ2n) is 10.8. The first-order valence-corrected chi connectivity index (χ1v) is 12.5. The molecule has 0 aliphatic heterocycles. The van der Waals surface area contributed by atoms with Crippen molar-refractivity contribution in [2.45, 2.75) is 49.9 Å². The molecule has 6 atom stereocenters. The van der Waals surface area contributed by atoms with Gasteiger partial charge in [-0.1, -0.05) is 25.5 Å². The van der Waals surface area contributed by atoms with Crippen LogP contribution in [0.4, 0.5) is 0 Å². The first-order valence-electron chi connectivity index (χ1n) is 12.5. The van der Waals surface area contributed by atoms with E-state index in [9.17, 15) is 39.6 Å². The van der Waals surface area contributed by atoms with E-state index in [-0.39, 0.29) is 11.3 Å². The van der Waals surface area contributed by atoms with Gasteiger partial charge in [0.25, 0.3) is 5.91 Å². The van der Waals surface area contributed by atoms with E-state index in [2.05, 4.69) is 0 Å². The van der Waals surface area contributed by atoms with Crippen molar-refractivity contribution in [2.75, 3.05) is 14.1 Å². The van der Waals surface area contributed by atoms with Crippen LogP contribution in [0, 0.1) is 17.8 Å². The molecule has 11 nitrogen and oxygen atoms in total. The lowest BCUT2D eigenvalue weighted by Crippen LogP contribution is -2.69. The zero-order valence-corrected chi connectivity index (χ0v) is 21.2. The van der Waals surface area contributed by atoms with Gasteiger partial charge in [0.05, 0.1) is 23.4 Å². The molecule has 1 amide bonds. The van der Waals surface area contributed by atoms with E-state index < -0.39 is 87.5 Å². The SMILES string of the molecule is C[C@H]1c2cccc(O)c2C(=O)C2=C(O)[C@]3(O)C(=O)C(C(N)=O)=C(O)[C@@H](N(C)C)[C@@H]3[C@@H](OC(=O)C3CCC3)[C@@H]21. The van der Waals surface area contributed by atoms with Gasteiger partial charge in [-0.15, -0.1) is 0 Å². The Kier molecular flexibility index (Phi) is 5.92. The smallest absolute Gasteiger partial charge is 0.309 e. The van der Waals surface area contributed by atoms with Gasteiger partial charge in [-0.3, -0.25) is 24.1 Å². The summed E-state index contributed by atoms with van der Waals surface area (Å²) in [5.41, 5.74) is 1.48. The Labute approximate surface area is 218 Å². The van der Waals surface area contributed by atoms with E-state index in [1.165, 1.54) is 25.1 Å². The van der Waals surface area contributed by atoms with Gasteiger partial charge in [0.2, 0.25) is 5.78 Å². The van der Waals surface area contributed by atoms with Crippen LogP contribution in [0.15, 0.2) is 40.9 Å². The van der Waals surface area contributed by atoms with Crippen molar-refractivity contribution < 1.29 is 44.3 Å². The fourth-order valence-corrected chi connectivity index (χ4v) is 6.57. The number of carbonyl (C=O) groups is 4. The summed E-state index contributed by atoms with van der Waals surface area (Å²) >= 11 is 0. The average Bonchev–Trinajstić information content (AvgIpc) is 2.79. The number of primary amides is 1. The Bertz CT molecular complexity index is 1340. The van der Waals surface area contributed by atoms with Crippen molar-refractivity contribution in [3.63, 3.8) is 0 Å². The average molecular weight is 527 g/mol. The first kappa shape index (κ1) is 25.9. The van der Waals surface area contributed by atoms with Crippen molar-refractivity contribution >= 4 is 23.4 Å². The number of phenols is 1. The van der Waals surface area contributed by atoms with E-state index >= 15 is 0 Å². The summed E-state index contributed by atoms with van der Waals surface area (Å²) in [6, 6.07) is 3.20. The van der Waals surface area contributed by atoms with Crippen LogP contribution < -0.4 is 5.73 Å². The van der Waals surface area contributed by atoms with Gasteiger partial charge in [-0.25, -0.2) is 0 Å². The summed E-state index contributed by atoms with van der Waals surface area (Å²) in [7, 11) is 3.03. The molecule has 0 saturated heterocycles. The minimum absolute atomic E-state index is 0.107. The molecule has 0 aromatic heterocycles. The number of carbonyl (C=O) groups excluding carboxylic acids is 4. The van der Waals surface area contributed by atoms with Crippen molar-refractivity contribution in [1.82, 2.24) is 4.90 Å². The van der Waals surface area contributed by atoms with E-state index in [4.69, 9.17) is 10.5 Å². The maximum absolute atomic E-state index is 13.8. The predicted molar refractivity (Wildman–Crippen MR) is 131 cm³/mol.